The Labute approximate surface area is 181 Å². The summed E-state index contributed by atoms with van der Waals surface area (Å²) < 4.78 is 49.6. The molecule has 3 aromatic rings. The molecule has 0 radical (unpaired) electrons. The lowest BCUT2D eigenvalue weighted by atomic mass is 10.0. The highest BCUT2D eigenvalue weighted by molar-refractivity contribution is 6.04. The fourth-order valence-electron chi connectivity index (χ4n) is 3.84. The number of hydrogen-bond donors (Lipinski definition) is 2. The van der Waals surface area contributed by atoms with Crippen LogP contribution in [0.5, 0.6) is 0 Å². The molecule has 4 heterocycles. The number of rotatable bonds is 4. The Morgan fingerprint density at radius 3 is 2.47 bits per heavy atom. The third kappa shape index (κ3) is 3.52. The van der Waals surface area contributed by atoms with Gasteiger partial charge in [0.25, 0.3) is 5.91 Å². The summed E-state index contributed by atoms with van der Waals surface area (Å²) in [6, 6.07) is 6.69. The Hall–Kier alpha value is -3.66. The maximum Gasteiger partial charge on any atom is 0.255 e. The normalized spacial score (nSPS) is 15.5. The van der Waals surface area contributed by atoms with Crippen molar-refractivity contribution in [3.8, 4) is 11.3 Å². The smallest absolute Gasteiger partial charge is 0.255 e. The second-order valence-electron chi connectivity index (χ2n) is 7.38. The minimum atomic E-state index is -1.04. The van der Waals surface area contributed by atoms with E-state index in [0.29, 0.717) is 13.2 Å². The zero-order valence-electron chi connectivity index (χ0n) is 16.8. The third-order valence-corrected chi connectivity index (χ3v) is 5.43. The van der Waals surface area contributed by atoms with Gasteiger partial charge in [0.2, 0.25) is 0 Å². The van der Waals surface area contributed by atoms with Crippen LogP contribution in [0, 0.1) is 17.5 Å². The van der Waals surface area contributed by atoms with Gasteiger partial charge in [0.05, 0.1) is 54.2 Å². The second-order valence-corrected chi connectivity index (χ2v) is 7.38. The molecule has 0 spiro atoms. The zero-order valence-corrected chi connectivity index (χ0v) is 16.8. The lowest BCUT2D eigenvalue weighted by Gasteiger charge is -2.28. The number of morpholine rings is 1. The summed E-state index contributed by atoms with van der Waals surface area (Å²) in [5.41, 5.74) is -0.266. The molecule has 0 atom stereocenters. The molecule has 2 aromatic heterocycles. The van der Waals surface area contributed by atoms with E-state index in [2.05, 4.69) is 25.5 Å². The number of amides is 1. The predicted octanol–water partition coefficient (Wildman–Crippen LogP) is 3.38. The van der Waals surface area contributed by atoms with Crippen LogP contribution in [0.3, 0.4) is 0 Å². The van der Waals surface area contributed by atoms with Crippen LogP contribution in [0.4, 0.5) is 30.4 Å². The Morgan fingerprint density at radius 2 is 1.78 bits per heavy atom. The zero-order chi connectivity index (χ0) is 22.2. The molecule has 164 valence electrons. The van der Waals surface area contributed by atoms with E-state index < -0.39 is 34.6 Å². The average Bonchev–Trinajstić information content (AvgIpc) is 3.17. The number of anilines is 3. The van der Waals surface area contributed by atoms with Gasteiger partial charge >= 0.3 is 0 Å². The molecular formula is C22H18F3N5O2. The SMILES string of the molecule is O=C1NCc2nc(-c3c(F)cccc3F)c(F)c(Nc3ccc(N4CCOCC4)cn3)c21. The number of aromatic nitrogens is 2. The molecule has 1 fully saturated rings. The van der Waals surface area contributed by atoms with Gasteiger partial charge in [-0.2, -0.15) is 0 Å². The van der Waals surface area contributed by atoms with Gasteiger partial charge < -0.3 is 20.3 Å². The number of hydrogen-bond acceptors (Lipinski definition) is 6. The molecule has 2 N–H and O–H groups in total. The van der Waals surface area contributed by atoms with Crippen LogP contribution in [0.1, 0.15) is 16.1 Å². The van der Waals surface area contributed by atoms with Crippen LogP contribution in [0.15, 0.2) is 36.5 Å². The van der Waals surface area contributed by atoms with Gasteiger partial charge in [0.15, 0.2) is 5.82 Å². The van der Waals surface area contributed by atoms with Gasteiger partial charge in [0.1, 0.15) is 23.1 Å². The Morgan fingerprint density at radius 1 is 1.03 bits per heavy atom. The number of benzene rings is 1. The van der Waals surface area contributed by atoms with E-state index in [4.69, 9.17) is 4.74 Å². The number of ether oxygens (including phenoxy) is 1. The van der Waals surface area contributed by atoms with Gasteiger partial charge in [-0.25, -0.2) is 23.1 Å². The molecule has 0 saturated carbocycles. The standard InChI is InChI=1S/C22H18F3N5O2/c23-13-2-1-3-14(24)17(13)20-19(25)21(18-15(28-20)11-27-22(18)31)29-16-5-4-12(10-26-16)30-6-8-32-9-7-30/h1-5,10H,6-9,11H2,(H,27,31)(H,26,28,29). The lowest BCUT2D eigenvalue weighted by molar-refractivity contribution is 0.0966. The molecule has 2 aliphatic heterocycles. The minimum Gasteiger partial charge on any atom is -0.378 e. The summed E-state index contributed by atoms with van der Waals surface area (Å²) in [5, 5.41) is 5.37. The molecular weight excluding hydrogens is 423 g/mol. The average molecular weight is 441 g/mol. The molecule has 0 bridgehead atoms. The molecule has 7 nitrogen and oxygen atoms in total. The van der Waals surface area contributed by atoms with Crippen molar-refractivity contribution < 1.29 is 22.7 Å². The molecule has 0 aliphatic carbocycles. The first-order valence-corrected chi connectivity index (χ1v) is 10.0. The summed E-state index contributed by atoms with van der Waals surface area (Å²) in [4.78, 5) is 22.8. The molecule has 10 heteroatoms. The van der Waals surface area contributed by atoms with Crippen molar-refractivity contribution in [1.29, 1.82) is 0 Å². The van der Waals surface area contributed by atoms with Gasteiger partial charge in [-0.15, -0.1) is 0 Å². The third-order valence-electron chi connectivity index (χ3n) is 5.43. The number of carbonyl (C=O) groups excluding carboxylic acids is 1. The van der Waals surface area contributed by atoms with Crippen molar-refractivity contribution in [3.63, 3.8) is 0 Å². The topological polar surface area (TPSA) is 79.4 Å². The number of fused-ring (bicyclic) bond motifs is 1. The fourth-order valence-corrected chi connectivity index (χ4v) is 3.84. The summed E-state index contributed by atoms with van der Waals surface area (Å²) >= 11 is 0. The van der Waals surface area contributed by atoms with E-state index in [1.807, 2.05) is 6.07 Å². The van der Waals surface area contributed by atoms with Crippen LogP contribution < -0.4 is 15.5 Å². The Balaban J connectivity index is 1.55. The van der Waals surface area contributed by atoms with Crippen molar-refractivity contribution in [2.24, 2.45) is 0 Å². The van der Waals surface area contributed by atoms with E-state index >= 15 is 4.39 Å². The highest BCUT2D eigenvalue weighted by Gasteiger charge is 2.31. The second kappa shape index (κ2) is 8.12. The molecule has 1 aromatic carbocycles. The first-order chi connectivity index (χ1) is 15.5. The maximum atomic E-state index is 15.5. The van der Waals surface area contributed by atoms with E-state index in [0.717, 1.165) is 30.9 Å². The summed E-state index contributed by atoms with van der Waals surface area (Å²) in [6.45, 7) is 2.74. The summed E-state index contributed by atoms with van der Waals surface area (Å²) in [6.07, 6.45) is 1.63. The quantitative estimate of drug-likeness (QED) is 0.646. The van der Waals surface area contributed by atoms with Gasteiger partial charge in [-0.05, 0) is 24.3 Å². The Kier molecular flexibility index (Phi) is 5.14. The highest BCUT2D eigenvalue weighted by atomic mass is 19.1. The minimum absolute atomic E-state index is 0.0120. The van der Waals surface area contributed by atoms with Crippen molar-refractivity contribution in [2.75, 3.05) is 36.5 Å². The van der Waals surface area contributed by atoms with Crippen LogP contribution >= 0.6 is 0 Å². The number of carbonyl (C=O) groups is 1. The molecule has 2 aliphatic rings. The van der Waals surface area contributed by atoms with Crippen molar-refractivity contribution in [3.05, 3.63) is 65.2 Å². The van der Waals surface area contributed by atoms with Crippen molar-refractivity contribution >= 4 is 23.1 Å². The van der Waals surface area contributed by atoms with Crippen molar-refractivity contribution in [2.45, 2.75) is 6.54 Å². The van der Waals surface area contributed by atoms with E-state index in [-0.39, 0.29) is 29.3 Å². The van der Waals surface area contributed by atoms with Crippen molar-refractivity contribution in [1.82, 2.24) is 15.3 Å². The van der Waals surface area contributed by atoms with E-state index in [1.54, 1.807) is 12.3 Å². The first-order valence-electron chi connectivity index (χ1n) is 10.0. The number of halogens is 3. The highest BCUT2D eigenvalue weighted by Crippen LogP contribution is 2.36. The maximum absolute atomic E-state index is 15.5. The van der Waals surface area contributed by atoms with Crippen LogP contribution in [-0.2, 0) is 11.3 Å². The molecule has 1 amide bonds. The number of nitrogens with zero attached hydrogens (tertiary/aromatic N) is 3. The summed E-state index contributed by atoms with van der Waals surface area (Å²) in [7, 11) is 0. The largest absolute Gasteiger partial charge is 0.378 e. The number of nitrogens with one attached hydrogen (secondary N) is 2. The van der Waals surface area contributed by atoms with E-state index in [1.165, 1.54) is 6.07 Å². The molecule has 1 saturated heterocycles. The van der Waals surface area contributed by atoms with E-state index in [9.17, 15) is 13.6 Å². The first kappa shape index (κ1) is 20.3. The molecule has 32 heavy (non-hydrogen) atoms. The predicted molar refractivity (Wildman–Crippen MR) is 111 cm³/mol. The summed E-state index contributed by atoms with van der Waals surface area (Å²) in [5.74, 6) is -3.20. The van der Waals surface area contributed by atoms with Crippen LogP contribution in [0.25, 0.3) is 11.3 Å². The lowest BCUT2D eigenvalue weighted by Crippen LogP contribution is -2.36. The molecule has 0 unspecified atom stereocenters. The number of pyridine rings is 2. The monoisotopic (exact) mass is 441 g/mol. The van der Waals surface area contributed by atoms with Crippen LogP contribution in [0.2, 0.25) is 0 Å². The van der Waals surface area contributed by atoms with Gasteiger partial charge in [0, 0.05) is 13.1 Å². The molecule has 5 rings (SSSR count). The Bertz CT molecular complexity index is 1180. The van der Waals surface area contributed by atoms with Gasteiger partial charge in [-0.1, -0.05) is 6.07 Å². The fraction of sp³-hybridized carbons (Fsp3) is 0.227. The van der Waals surface area contributed by atoms with Gasteiger partial charge in [-0.3, -0.25) is 4.79 Å². The van der Waals surface area contributed by atoms with Crippen LogP contribution in [-0.4, -0.2) is 42.2 Å².